The zero-order chi connectivity index (χ0) is 19.4. The lowest BCUT2D eigenvalue weighted by Crippen LogP contribution is -2.36. The average Bonchev–Trinajstić information content (AvgIpc) is 3.25. The minimum Gasteiger partial charge on any atom is -0.355 e. The zero-order valence-electron chi connectivity index (χ0n) is 14.2. The van der Waals surface area contributed by atoms with Crippen LogP contribution in [0.3, 0.4) is 0 Å². The minimum atomic E-state index is -0.524. The van der Waals surface area contributed by atoms with Gasteiger partial charge in [0.1, 0.15) is 6.54 Å². The van der Waals surface area contributed by atoms with E-state index in [9.17, 15) is 19.2 Å². The molecule has 4 amide bonds. The second kappa shape index (κ2) is 8.19. The summed E-state index contributed by atoms with van der Waals surface area (Å²) in [5.74, 6) is -1.30. The molecule has 0 radical (unpaired) electrons. The number of amides is 4. The third kappa shape index (κ3) is 4.44. The summed E-state index contributed by atoms with van der Waals surface area (Å²) < 4.78 is 0. The fourth-order valence-corrected chi connectivity index (χ4v) is 3.93. The molecule has 9 heteroatoms. The van der Waals surface area contributed by atoms with Gasteiger partial charge in [-0.1, -0.05) is 12.1 Å². The summed E-state index contributed by atoms with van der Waals surface area (Å²) in [5, 5.41) is 6.48. The number of thiophene rings is 1. The highest BCUT2D eigenvalue weighted by atomic mass is 32.2. The van der Waals surface area contributed by atoms with Crippen molar-refractivity contribution in [2.24, 2.45) is 0 Å². The van der Waals surface area contributed by atoms with Gasteiger partial charge in [0.05, 0.1) is 4.91 Å². The number of anilines is 1. The van der Waals surface area contributed by atoms with Crippen molar-refractivity contribution in [1.82, 2.24) is 10.2 Å². The number of thioether (sulfide) groups is 1. The lowest BCUT2D eigenvalue weighted by Gasteiger charge is -2.12. The fraction of sp³-hybridized carbons (Fsp3) is 0.111. The van der Waals surface area contributed by atoms with E-state index in [4.69, 9.17) is 0 Å². The molecule has 1 aliphatic rings. The normalized spacial score (nSPS) is 15.3. The van der Waals surface area contributed by atoms with E-state index >= 15 is 0 Å². The van der Waals surface area contributed by atoms with Crippen molar-refractivity contribution in [2.45, 2.75) is 0 Å². The maximum absolute atomic E-state index is 12.4. The van der Waals surface area contributed by atoms with E-state index in [0.717, 1.165) is 21.5 Å². The van der Waals surface area contributed by atoms with Gasteiger partial charge in [0.15, 0.2) is 0 Å². The van der Waals surface area contributed by atoms with Crippen molar-refractivity contribution in [2.75, 3.05) is 18.9 Å². The summed E-state index contributed by atoms with van der Waals surface area (Å²) in [6.45, 7) is -0.392. The van der Waals surface area contributed by atoms with Crippen LogP contribution in [-0.2, 0) is 9.59 Å². The summed E-state index contributed by atoms with van der Waals surface area (Å²) in [5.41, 5.74) is 0.794. The van der Waals surface area contributed by atoms with Crippen LogP contribution < -0.4 is 10.6 Å². The Kier molecular flexibility index (Phi) is 5.72. The topological polar surface area (TPSA) is 95.6 Å². The minimum absolute atomic E-state index is 0.282. The lowest BCUT2D eigenvalue weighted by molar-refractivity contribution is -0.127. The van der Waals surface area contributed by atoms with Gasteiger partial charge in [0, 0.05) is 23.2 Å². The van der Waals surface area contributed by atoms with E-state index in [1.54, 1.807) is 24.3 Å². The number of nitrogens with one attached hydrogen (secondary N) is 2. The molecule has 0 saturated carbocycles. The number of benzene rings is 1. The van der Waals surface area contributed by atoms with Gasteiger partial charge in [-0.25, -0.2) is 0 Å². The standard InChI is InChI=1S/C18H15N3O4S2/c1-19-16(23)11-4-2-5-12(8-11)20-15(22)10-21-17(24)14(27-18(21)25)9-13-6-3-7-26-13/h2-9H,10H2,1H3,(H,19,23)(H,20,22)/b14-9-. The Balaban J connectivity index is 1.67. The molecule has 138 valence electrons. The van der Waals surface area contributed by atoms with Gasteiger partial charge in [-0.2, -0.15) is 0 Å². The summed E-state index contributed by atoms with van der Waals surface area (Å²) >= 11 is 2.26. The molecule has 2 aromatic rings. The van der Waals surface area contributed by atoms with E-state index in [-0.39, 0.29) is 10.8 Å². The second-order valence-electron chi connectivity index (χ2n) is 5.49. The van der Waals surface area contributed by atoms with Crippen LogP contribution in [0.4, 0.5) is 10.5 Å². The van der Waals surface area contributed by atoms with Crippen LogP contribution >= 0.6 is 23.1 Å². The molecular formula is C18H15N3O4S2. The maximum Gasteiger partial charge on any atom is 0.294 e. The highest BCUT2D eigenvalue weighted by Gasteiger charge is 2.36. The molecule has 1 saturated heterocycles. The largest absolute Gasteiger partial charge is 0.355 e. The maximum atomic E-state index is 12.4. The van der Waals surface area contributed by atoms with Gasteiger partial charge in [-0.3, -0.25) is 24.1 Å². The van der Waals surface area contributed by atoms with Gasteiger partial charge < -0.3 is 10.6 Å². The molecule has 0 bridgehead atoms. The number of nitrogens with zero attached hydrogens (tertiary/aromatic N) is 1. The van der Waals surface area contributed by atoms with Crippen molar-refractivity contribution < 1.29 is 19.2 Å². The predicted octanol–water partition coefficient (Wildman–Crippen LogP) is 2.78. The molecule has 7 nitrogen and oxygen atoms in total. The third-order valence-corrected chi connectivity index (χ3v) is 5.35. The van der Waals surface area contributed by atoms with E-state index in [0.29, 0.717) is 11.3 Å². The molecular weight excluding hydrogens is 386 g/mol. The first-order chi connectivity index (χ1) is 13.0. The van der Waals surface area contributed by atoms with Crippen molar-refractivity contribution in [3.05, 3.63) is 57.1 Å². The Hall–Kier alpha value is -2.91. The molecule has 0 atom stereocenters. The summed E-state index contributed by atoms with van der Waals surface area (Å²) in [4.78, 5) is 50.4. The predicted molar refractivity (Wildman–Crippen MR) is 105 cm³/mol. The number of imide groups is 1. The monoisotopic (exact) mass is 401 g/mol. The van der Waals surface area contributed by atoms with Crippen LogP contribution in [0.2, 0.25) is 0 Å². The highest BCUT2D eigenvalue weighted by Crippen LogP contribution is 2.32. The number of carbonyl (C=O) groups is 4. The molecule has 0 unspecified atom stereocenters. The van der Waals surface area contributed by atoms with Crippen molar-refractivity contribution >= 4 is 57.8 Å². The Labute approximate surface area is 163 Å². The molecule has 1 aliphatic heterocycles. The van der Waals surface area contributed by atoms with Crippen LogP contribution in [0.5, 0.6) is 0 Å². The SMILES string of the molecule is CNC(=O)c1cccc(NC(=O)CN2C(=O)S/C(=C\c3cccs3)C2=O)c1. The number of rotatable bonds is 5. The van der Waals surface area contributed by atoms with E-state index in [1.165, 1.54) is 24.5 Å². The van der Waals surface area contributed by atoms with Gasteiger partial charge in [-0.15, -0.1) is 11.3 Å². The van der Waals surface area contributed by atoms with Crippen molar-refractivity contribution in [3.63, 3.8) is 0 Å². The Morgan fingerprint density at radius 1 is 1.19 bits per heavy atom. The zero-order valence-corrected chi connectivity index (χ0v) is 15.9. The van der Waals surface area contributed by atoms with Gasteiger partial charge >= 0.3 is 0 Å². The molecule has 0 aliphatic carbocycles. The third-order valence-electron chi connectivity index (χ3n) is 3.63. The van der Waals surface area contributed by atoms with E-state index in [2.05, 4.69) is 10.6 Å². The molecule has 3 rings (SSSR count). The Bertz CT molecular complexity index is 938. The Morgan fingerprint density at radius 3 is 2.70 bits per heavy atom. The van der Waals surface area contributed by atoms with Crippen LogP contribution in [0.15, 0.2) is 46.7 Å². The number of hydrogen-bond acceptors (Lipinski definition) is 6. The van der Waals surface area contributed by atoms with Crippen LogP contribution in [0.1, 0.15) is 15.2 Å². The van der Waals surface area contributed by atoms with Crippen molar-refractivity contribution in [1.29, 1.82) is 0 Å². The van der Waals surface area contributed by atoms with Gasteiger partial charge in [0.2, 0.25) is 5.91 Å². The molecule has 1 aromatic heterocycles. The van der Waals surface area contributed by atoms with E-state index < -0.39 is 23.6 Å². The van der Waals surface area contributed by atoms with Gasteiger partial charge in [-0.05, 0) is 47.5 Å². The first-order valence-electron chi connectivity index (χ1n) is 7.89. The smallest absolute Gasteiger partial charge is 0.294 e. The van der Waals surface area contributed by atoms with Crippen LogP contribution in [0.25, 0.3) is 6.08 Å². The molecule has 2 N–H and O–H groups in total. The molecule has 27 heavy (non-hydrogen) atoms. The summed E-state index contributed by atoms with van der Waals surface area (Å²) in [6, 6.07) is 10.1. The highest BCUT2D eigenvalue weighted by molar-refractivity contribution is 8.18. The molecule has 2 heterocycles. The summed E-state index contributed by atoms with van der Waals surface area (Å²) in [6.07, 6.45) is 1.64. The quantitative estimate of drug-likeness (QED) is 0.751. The van der Waals surface area contributed by atoms with Crippen LogP contribution in [-0.4, -0.2) is 41.5 Å². The van der Waals surface area contributed by atoms with E-state index in [1.807, 2.05) is 17.5 Å². The lowest BCUT2D eigenvalue weighted by atomic mass is 10.2. The molecule has 1 aromatic carbocycles. The first-order valence-corrected chi connectivity index (χ1v) is 9.58. The molecule has 1 fully saturated rings. The van der Waals surface area contributed by atoms with Crippen LogP contribution in [0, 0.1) is 0 Å². The van der Waals surface area contributed by atoms with Crippen molar-refractivity contribution in [3.8, 4) is 0 Å². The number of carbonyl (C=O) groups excluding carboxylic acids is 4. The Morgan fingerprint density at radius 2 is 2.00 bits per heavy atom. The molecule has 0 spiro atoms. The summed E-state index contributed by atoms with van der Waals surface area (Å²) in [7, 11) is 1.51. The average molecular weight is 401 g/mol. The fourth-order valence-electron chi connectivity index (χ4n) is 2.37. The van der Waals surface area contributed by atoms with Gasteiger partial charge in [0.25, 0.3) is 17.1 Å². The first kappa shape index (κ1) is 18.9. The second-order valence-corrected chi connectivity index (χ2v) is 7.46. The number of hydrogen-bond donors (Lipinski definition) is 2.